The second-order valence-electron chi connectivity index (χ2n) is 4.35. The molecule has 0 radical (unpaired) electrons. The topological polar surface area (TPSA) is 29.1 Å². The van der Waals surface area contributed by atoms with Crippen molar-refractivity contribution in [3.05, 3.63) is 12.2 Å². The van der Waals surface area contributed by atoms with Gasteiger partial charge in [-0.3, -0.25) is 4.79 Å². The fraction of sp³-hybridized carbons (Fsp3) is 0.562. The number of carbonyl (C=O) groups is 1. The Labute approximate surface area is 111 Å². The van der Waals surface area contributed by atoms with E-state index in [1.165, 1.54) is 0 Å². The van der Waals surface area contributed by atoms with Crippen molar-refractivity contribution in [1.82, 2.24) is 5.32 Å². The first-order valence-electron chi connectivity index (χ1n) is 6.58. The van der Waals surface area contributed by atoms with Gasteiger partial charge in [-0.1, -0.05) is 32.3 Å². The van der Waals surface area contributed by atoms with E-state index in [1.807, 2.05) is 6.08 Å². The molecule has 0 saturated heterocycles. The monoisotopic (exact) mass is 245 g/mol. The summed E-state index contributed by atoms with van der Waals surface area (Å²) in [6.45, 7) is 5.00. The predicted octanol–water partition coefficient (Wildman–Crippen LogP) is 2.90. The molecule has 0 rings (SSSR count). The van der Waals surface area contributed by atoms with Gasteiger partial charge in [0.05, 0.1) is 0 Å². The lowest BCUT2D eigenvalue weighted by Crippen LogP contribution is -2.26. The van der Waals surface area contributed by atoms with E-state index in [0.717, 1.165) is 38.6 Å². The average molecular weight is 245 g/mol. The third kappa shape index (κ3) is 10.8. The van der Waals surface area contributed by atoms with Gasteiger partial charge in [-0.2, -0.15) is 0 Å². The Kier molecular flexibility index (Phi) is 10.7. The minimum Gasteiger partial charge on any atom is -0.352 e. The van der Waals surface area contributed by atoms with Gasteiger partial charge in [0.15, 0.2) is 0 Å². The van der Waals surface area contributed by atoms with E-state index in [9.17, 15) is 4.79 Å². The molecule has 0 aliphatic rings. The molecular formula is C16H23NO. The molecule has 0 aliphatic heterocycles. The average Bonchev–Trinajstić information content (AvgIpc) is 2.39. The largest absolute Gasteiger partial charge is 0.352 e. The van der Waals surface area contributed by atoms with Gasteiger partial charge in [-0.15, -0.1) is 6.42 Å². The summed E-state index contributed by atoms with van der Waals surface area (Å²) < 4.78 is 0. The molecule has 0 aromatic carbocycles. The first-order chi connectivity index (χ1) is 8.70. The summed E-state index contributed by atoms with van der Waals surface area (Å²) in [5.74, 6) is 8.30. The maximum atomic E-state index is 11.4. The fourth-order valence-electron chi connectivity index (χ4n) is 1.26. The molecule has 0 bridgehead atoms. The summed E-state index contributed by atoms with van der Waals surface area (Å²) >= 11 is 0. The maximum Gasteiger partial charge on any atom is 0.243 e. The molecule has 0 unspecified atom stereocenters. The van der Waals surface area contributed by atoms with E-state index in [4.69, 9.17) is 6.42 Å². The molecule has 2 heteroatoms. The summed E-state index contributed by atoms with van der Waals surface area (Å²) in [6.07, 6.45) is 13.4. The van der Waals surface area contributed by atoms with Crippen molar-refractivity contribution in [2.45, 2.75) is 46.0 Å². The molecular weight excluding hydrogens is 222 g/mol. The van der Waals surface area contributed by atoms with Gasteiger partial charge in [-0.05, 0) is 43.1 Å². The molecule has 0 aliphatic carbocycles. The maximum absolute atomic E-state index is 11.4. The molecule has 0 spiro atoms. The van der Waals surface area contributed by atoms with Crippen molar-refractivity contribution < 1.29 is 4.79 Å². The Hall–Kier alpha value is -1.67. The Morgan fingerprint density at radius 1 is 1.44 bits per heavy atom. The molecule has 0 saturated carbocycles. The van der Waals surface area contributed by atoms with Crippen molar-refractivity contribution in [3.8, 4) is 24.2 Å². The minimum atomic E-state index is 0.00224. The summed E-state index contributed by atoms with van der Waals surface area (Å²) in [7, 11) is 0. The van der Waals surface area contributed by atoms with E-state index >= 15 is 0 Å². The number of amides is 1. The number of allylic oxidation sites excluding steroid dienone is 1. The highest BCUT2D eigenvalue weighted by Crippen LogP contribution is 2.00. The van der Waals surface area contributed by atoms with Crippen molar-refractivity contribution >= 4 is 5.91 Å². The van der Waals surface area contributed by atoms with Gasteiger partial charge < -0.3 is 5.32 Å². The number of rotatable bonds is 8. The van der Waals surface area contributed by atoms with E-state index in [2.05, 4.69) is 36.9 Å². The predicted molar refractivity (Wildman–Crippen MR) is 76.7 cm³/mol. The van der Waals surface area contributed by atoms with E-state index in [-0.39, 0.29) is 5.91 Å². The zero-order valence-electron chi connectivity index (χ0n) is 11.5. The molecule has 1 amide bonds. The lowest BCUT2D eigenvalue weighted by atomic mass is 10.1. The van der Waals surface area contributed by atoms with Crippen LogP contribution in [0.4, 0.5) is 0 Å². The standard InChI is InChI=1S/C16H23NO/c1-4-6-7-8-9-10-11-12-13-16(18)17-14-15(3)5-2/h1,12-13,15H,5,8-11,14H2,2-3H3,(H,17,18)/b13-12+/t15-/m0/s1. The Morgan fingerprint density at radius 2 is 2.22 bits per heavy atom. The zero-order chi connectivity index (χ0) is 13.6. The number of terminal acetylenes is 1. The van der Waals surface area contributed by atoms with Gasteiger partial charge in [0.2, 0.25) is 5.91 Å². The van der Waals surface area contributed by atoms with E-state index < -0.39 is 0 Å². The van der Waals surface area contributed by atoms with Crippen LogP contribution in [0.5, 0.6) is 0 Å². The van der Waals surface area contributed by atoms with Gasteiger partial charge in [0.1, 0.15) is 0 Å². The summed E-state index contributed by atoms with van der Waals surface area (Å²) in [6, 6.07) is 0. The quantitative estimate of drug-likeness (QED) is 0.397. The van der Waals surface area contributed by atoms with Gasteiger partial charge in [0, 0.05) is 13.0 Å². The normalized spacial score (nSPS) is 11.4. The van der Waals surface area contributed by atoms with Crippen LogP contribution in [0.25, 0.3) is 0 Å². The number of nitrogens with one attached hydrogen (secondary N) is 1. The Bertz CT molecular complexity index is 352. The van der Waals surface area contributed by atoms with Crippen LogP contribution in [-0.2, 0) is 4.79 Å². The third-order valence-corrected chi connectivity index (χ3v) is 2.67. The molecule has 18 heavy (non-hydrogen) atoms. The molecule has 2 nitrogen and oxygen atoms in total. The molecule has 98 valence electrons. The van der Waals surface area contributed by atoms with E-state index in [0.29, 0.717) is 5.92 Å². The molecule has 0 aromatic rings. The van der Waals surface area contributed by atoms with Crippen LogP contribution in [0.1, 0.15) is 46.0 Å². The van der Waals surface area contributed by atoms with Crippen molar-refractivity contribution in [2.24, 2.45) is 5.92 Å². The fourth-order valence-corrected chi connectivity index (χ4v) is 1.26. The first kappa shape index (κ1) is 16.3. The first-order valence-corrected chi connectivity index (χ1v) is 6.58. The smallest absolute Gasteiger partial charge is 0.243 e. The van der Waals surface area contributed by atoms with Crippen LogP contribution >= 0.6 is 0 Å². The van der Waals surface area contributed by atoms with Crippen LogP contribution < -0.4 is 5.32 Å². The number of hydrogen-bond donors (Lipinski definition) is 1. The molecule has 0 heterocycles. The van der Waals surface area contributed by atoms with E-state index in [1.54, 1.807) is 6.08 Å². The van der Waals surface area contributed by atoms with Crippen LogP contribution in [0, 0.1) is 30.1 Å². The van der Waals surface area contributed by atoms with Crippen LogP contribution in [-0.4, -0.2) is 12.5 Å². The highest BCUT2D eigenvalue weighted by molar-refractivity contribution is 5.87. The molecule has 0 aromatic heterocycles. The second kappa shape index (κ2) is 11.8. The second-order valence-corrected chi connectivity index (χ2v) is 4.35. The highest BCUT2D eigenvalue weighted by atomic mass is 16.1. The Balaban J connectivity index is 3.52. The number of hydrogen-bond acceptors (Lipinski definition) is 1. The zero-order valence-corrected chi connectivity index (χ0v) is 11.5. The summed E-state index contributed by atoms with van der Waals surface area (Å²) in [5, 5.41) is 2.88. The van der Waals surface area contributed by atoms with Gasteiger partial charge in [0.25, 0.3) is 0 Å². The molecule has 1 atom stereocenters. The van der Waals surface area contributed by atoms with Crippen molar-refractivity contribution in [2.75, 3.05) is 6.54 Å². The van der Waals surface area contributed by atoms with Crippen LogP contribution in [0.15, 0.2) is 12.2 Å². The Morgan fingerprint density at radius 3 is 2.89 bits per heavy atom. The van der Waals surface area contributed by atoms with Crippen LogP contribution in [0.3, 0.4) is 0 Å². The lowest BCUT2D eigenvalue weighted by molar-refractivity contribution is -0.116. The van der Waals surface area contributed by atoms with Crippen LogP contribution in [0.2, 0.25) is 0 Å². The number of carbonyl (C=O) groups excluding carboxylic acids is 1. The minimum absolute atomic E-state index is 0.00224. The SMILES string of the molecule is C#CC#CCCCC/C=C/C(=O)NC[C@@H](C)CC. The van der Waals surface area contributed by atoms with Crippen molar-refractivity contribution in [1.29, 1.82) is 0 Å². The molecule has 0 fully saturated rings. The highest BCUT2D eigenvalue weighted by Gasteiger charge is 1.99. The lowest BCUT2D eigenvalue weighted by Gasteiger charge is -2.07. The van der Waals surface area contributed by atoms with Crippen molar-refractivity contribution in [3.63, 3.8) is 0 Å². The van der Waals surface area contributed by atoms with Gasteiger partial charge >= 0.3 is 0 Å². The molecule has 1 N–H and O–H groups in total. The summed E-state index contributed by atoms with van der Waals surface area (Å²) in [4.78, 5) is 11.4. The number of unbranched alkanes of at least 4 members (excludes halogenated alkanes) is 3. The summed E-state index contributed by atoms with van der Waals surface area (Å²) in [5.41, 5.74) is 0. The third-order valence-electron chi connectivity index (χ3n) is 2.67. The van der Waals surface area contributed by atoms with Gasteiger partial charge in [-0.25, -0.2) is 0 Å².